The third kappa shape index (κ3) is 2.70. The van der Waals surface area contributed by atoms with E-state index < -0.39 is 0 Å². The Hall–Kier alpha value is -0.860. The molecule has 1 aliphatic carbocycles. The van der Waals surface area contributed by atoms with Crippen molar-refractivity contribution >= 4 is 17.4 Å². The highest BCUT2D eigenvalue weighted by molar-refractivity contribution is 6.31. The molecule has 102 valence electrons. The van der Waals surface area contributed by atoms with Crippen LogP contribution in [0.5, 0.6) is 0 Å². The number of halogens is 1. The van der Waals surface area contributed by atoms with Gasteiger partial charge in [-0.2, -0.15) is 0 Å². The second-order valence-electron chi connectivity index (χ2n) is 5.74. The van der Waals surface area contributed by atoms with E-state index in [0.717, 1.165) is 37.4 Å². The van der Waals surface area contributed by atoms with Gasteiger partial charge in [0, 0.05) is 29.9 Å². The summed E-state index contributed by atoms with van der Waals surface area (Å²) in [7, 11) is 0. The summed E-state index contributed by atoms with van der Waals surface area (Å²) in [6, 6.07) is 8.49. The Morgan fingerprint density at radius 1 is 1.21 bits per heavy atom. The van der Waals surface area contributed by atoms with Crippen LogP contribution in [-0.2, 0) is 11.3 Å². The molecule has 1 aliphatic heterocycles. The highest BCUT2D eigenvalue weighted by atomic mass is 35.5. The highest BCUT2D eigenvalue weighted by Gasteiger charge is 2.37. The van der Waals surface area contributed by atoms with Gasteiger partial charge < -0.3 is 0 Å². The number of nitrogens with zero attached hydrogens (tertiary/aromatic N) is 1. The topological polar surface area (TPSA) is 20.3 Å². The molecule has 1 saturated heterocycles. The molecule has 2 fully saturated rings. The third-order valence-corrected chi connectivity index (χ3v) is 4.93. The Bertz CT molecular complexity index is 474. The minimum Gasteiger partial charge on any atom is -0.299 e. The van der Waals surface area contributed by atoms with Gasteiger partial charge in [0.25, 0.3) is 0 Å². The molecule has 2 nitrogen and oxygen atoms in total. The van der Waals surface area contributed by atoms with Gasteiger partial charge in [-0.05, 0) is 43.9 Å². The third-order valence-electron chi connectivity index (χ3n) is 4.56. The summed E-state index contributed by atoms with van der Waals surface area (Å²) in [5.74, 6) is 0.765. The first-order valence-electron chi connectivity index (χ1n) is 7.26. The molecule has 2 atom stereocenters. The van der Waals surface area contributed by atoms with Gasteiger partial charge in [0.05, 0.1) is 0 Å². The average Bonchev–Trinajstić information content (AvgIpc) is 3.01. The van der Waals surface area contributed by atoms with Crippen LogP contribution < -0.4 is 0 Å². The van der Waals surface area contributed by atoms with Crippen LogP contribution in [0.4, 0.5) is 0 Å². The van der Waals surface area contributed by atoms with E-state index >= 15 is 0 Å². The number of Topliss-reactive ketones (excluding diaryl/α,β-unsaturated/α-hetero) is 1. The van der Waals surface area contributed by atoms with Crippen LogP contribution >= 0.6 is 11.6 Å². The van der Waals surface area contributed by atoms with Gasteiger partial charge in [-0.25, -0.2) is 0 Å². The number of hydrogen-bond acceptors (Lipinski definition) is 2. The Kier molecular flexibility index (Phi) is 3.90. The lowest BCUT2D eigenvalue weighted by Gasteiger charge is -2.28. The fourth-order valence-corrected chi connectivity index (χ4v) is 3.79. The SMILES string of the molecule is O=C1CCCC1C1CCCN1Cc1ccccc1Cl. The van der Waals surface area contributed by atoms with Crippen LogP contribution in [-0.4, -0.2) is 23.3 Å². The van der Waals surface area contributed by atoms with E-state index in [-0.39, 0.29) is 5.92 Å². The van der Waals surface area contributed by atoms with Crippen molar-refractivity contribution in [2.75, 3.05) is 6.54 Å². The molecule has 0 spiro atoms. The lowest BCUT2D eigenvalue weighted by Crippen LogP contribution is -2.37. The highest BCUT2D eigenvalue weighted by Crippen LogP contribution is 2.34. The largest absolute Gasteiger partial charge is 0.299 e. The van der Waals surface area contributed by atoms with Crippen molar-refractivity contribution in [3.63, 3.8) is 0 Å². The predicted molar refractivity (Wildman–Crippen MR) is 77.2 cm³/mol. The maximum atomic E-state index is 12.0. The minimum atomic E-state index is 0.282. The van der Waals surface area contributed by atoms with Crippen molar-refractivity contribution in [2.45, 2.75) is 44.7 Å². The van der Waals surface area contributed by atoms with Crippen LogP contribution in [0.1, 0.15) is 37.7 Å². The lowest BCUT2D eigenvalue weighted by atomic mass is 9.95. The van der Waals surface area contributed by atoms with Gasteiger partial charge in [-0.3, -0.25) is 9.69 Å². The number of rotatable bonds is 3. The van der Waals surface area contributed by atoms with Crippen LogP contribution in [0.25, 0.3) is 0 Å². The Morgan fingerprint density at radius 2 is 2.05 bits per heavy atom. The van der Waals surface area contributed by atoms with Crippen molar-refractivity contribution in [1.29, 1.82) is 0 Å². The molecular formula is C16H20ClNO. The van der Waals surface area contributed by atoms with Gasteiger partial charge in [0.1, 0.15) is 5.78 Å². The first kappa shape index (κ1) is 13.1. The lowest BCUT2D eigenvalue weighted by molar-refractivity contribution is -0.122. The van der Waals surface area contributed by atoms with Crippen molar-refractivity contribution in [2.24, 2.45) is 5.92 Å². The van der Waals surface area contributed by atoms with Gasteiger partial charge in [-0.1, -0.05) is 29.8 Å². The number of likely N-dealkylation sites (tertiary alicyclic amines) is 1. The summed E-state index contributed by atoms with van der Waals surface area (Å²) in [5, 5.41) is 0.839. The molecular weight excluding hydrogens is 258 g/mol. The van der Waals surface area contributed by atoms with E-state index in [1.54, 1.807) is 0 Å². The van der Waals surface area contributed by atoms with Gasteiger partial charge >= 0.3 is 0 Å². The number of hydrogen-bond donors (Lipinski definition) is 0. The summed E-state index contributed by atoms with van der Waals surface area (Å²) in [5.41, 5.74) is 1.18. The Balaban J connectivity index is 1.73. The Morgan fingerprint density at radius 3 is 2.79 bits per heavy atom. The van der Waals surface area contributed by atoms with Crippen LogP contribution in [0.3, 0.4) is 0 Å². The number of carbonyl (C=O) groups excluding carboxylic acids is 1. The van der Waals surface area contributed by atoms with Gasteiger partial charge in [-0.15, -0.1) is 0 Å². The molecule has 3 heteroatoms. The molecule has 2 aliphatic rings. The molecule has 0 N–H and O–H groups in total. The average molecular weight is 278 g/mol. The summed E-state index contributed by atoms with van der Waals surface area (Å²) < 4.78 is 0. The van der Waals surface area contributed by atoms with Crippen molar-refractivity contribution in [3.8, 4) is 0 Å². The van der Waals surface area contributed by atoms with Crippen LogP contribution in [0.15, 0.2) is 24.3 Å². The fraction of sp³-hybridized carbons (Fsp3) is 0.562. The molecule has 0 radical (unpaired) electrons. The molecule has 0 amide bonds. The summed E-state index contributed by atoms with van der Waals surface area (Å²) in [4.78, 5) is 14.4. The second kappa shape index (κ2) is 5.64. The normalized spacial score (nSPS) is 28.2. The maximum Gasteiger partial charge on any atom is 0.137 e. The van der Waals surface area contributed by atoms with Crippen LogP contribution in [0, 0.1) is 5.92 Å². The molecule has 2 unspecified atom stereocenters. The molecule has 0 bridgehead atoms. The molecule has 1 aromatic rings. The van der Waals surface area contributed by atoms with Crippen molar-refractivity contribution in [1.82, 2.24) is 4.90 Å². The van der Waals surface area contributed by atoms with Gasteiger partial charge in [0.15, 0.2) is 0 Å². The molecule has 1 heterocycles. The first-order chi connectivity index (χ1) is 9.25. The van der Waals surface area contributed by atoms with E-state index in [0.29, 0.717) is 11.8 Å². The zero-order valence-corrected chi connectivity index (χ0v) is 11.9. The molecule has 3 rings (SSSR count). The molecule has 0 aromatic heterocycles. The molecule has 1 saturated carbocycles. The Labute approximate surface area is 119 Å². The van der Waals surface area contributed by atoms with Crippen molar-refractivity contribution < 1.29 is 4.79 Å². The van der Waals surface area contributed by atoms with Gasteiger partial charge in [0.2, 0.25) is 0 Å². The number of carbonyl (C=O) groups is 1. The van der Waals surface area contributed by atoms with E-state index in [4.69, 9.17) is 11.6 Å². The number of ketones is 1. The fourth-order valence-electron chi connectivity index (χ4n) is 3.60. The second-order valence-corrected chi connectivity index (χ2v) is 6.14. The standard InChI is InChI=1S/C16H20ClNO/c17-14-7-2-1-5-12(14)11-18-10-4-8-15(18)13-6-3-9-16(13)19/h1-2,5,7,13,15H,3-4,6,8-11H2. The summed E-state index contributed by atoms with van der Waals surface area (Å²) >= 11 is 6.25. The molecule has 1 aromatic carbocycles. The minimum absolute atomic E-state index is 0.282. The summed E-state index contributed by atoms with van der Waals surface area (Å²) in [6.45, 7) is 1.98. The van der Waals surface area contributed by atoms with Crippen molar-refractivity contribution in [3.05, 3.63) is 34.9 Å². The maximum absolute atomic E-state index is 12.0. The van der Waals surface area contributed by atoms with Crippen LogP contribution in [0.2, 0.25) is 5.02 Å². The number of benzene rings is 1. The zero-order chi connectivity index (χ0) is 13.2. The quantitative estimate of drug-likeness (QED) is 0.840. The zero-order valence-electron chi connectivity index (χ0n) is 11.1. The predicted octanol–water partition coefficient (Wildman–Crippen LogP) is 3.67. The van der Waals surface area contributed by atoms with E-state index in [2.05, 4.69) is 11.0 Å². The monoisotopic (exact) mass is 277 g/mol. The van der Waals surface area contributed by atoms with E-state index in [1.165, 1.54) is 18.4 Å². The first-order valence-corrected chi connectivity index (χ1v) is 7.63. The summed E-state index contributed by atoms with van der Waals surface area (Å²) in [6.07, 6.45) is 5.34. The molecule has 19 heavy (non-hydrogen) atoms. The smallest absolute Gasteiger partial charge is 0.137 e. The van der Waals surface area contributed by atoms with E-state index in [1.807, 2.05) is 18.2 Å². The van der Waals surface area contributed by atoms with E-state index in [9.17, 15) is 4.79 Å².